The highest BCUT2D eigenvalue weighted by Gasteiger charge is 2.21. The number of carbonyl (C=O) groups is 1. The number of carbonyl (C=O) groups excluding carboxylic acids is 1. The second kappa shape index (κ2) is 6.95. The molecule has 1 N–H and O–H groups in total. The van der Waals surface area contributed by atoms with E-state index >= 15 is 0 Å². The Hall–Kier alpha value is -1.26. The molecular formula is C15H23ClN2O2. The number of hydrogen-bond acceptors (Lipinski definition) is 3. The molecule has 0 aliphatic carbocycles. The van der Waals surface area contributed by atoms with Gasteiger partial charge in [-0.3, -0.25) is 4.79 Å². The van der Waals surface area contributed by atoms with Crippen LogP contribution in [0.1, 0.15) is 19.4 Å². The number of rotatable bonds is 6. The lowest BCUT2D eigenvalue weighted by Crippen LogP contribution is -2.48. The van der Waals surface area contributed by atoms with Crippen molar-refractivity contribution in [1.29, 1.82) is 0 Å². The lowest BCUT2D eigenvalue weighted by Gasteiger charge is -2.32. The lowest BCUT2D eigenvalue weighted by atomic mass is 10.0. The maximum absolute atomic E-state index is 12.1. The van der Waals surface area contributed by atoms with Crippen molar-refractivity contribution < 1.29 is 9.53 Å². The highest BCUT2D eigenvalue weighted by atomic mass is 35.5. The third kappa shape index (κ3) is 4.39. The Morgan fingerprint density at radius 2 is 2.05 bits per heavy atom. The first-order valence-corrected chi connectivity index (χ1v) is 6.91. The summed E-state index contributed by atoms with van der Waals surface area (Å²) in [6.45, 7) is 4.72. The molecule has 1 aromatic rings. The van der Waals surface area contributed by atoms with Crippen LogP contribution in [0.5, 0.6) is 5.75 Å². The normalized spacial score (nSPS) is 11.6. The van der Waals surface area contributed by atoms with E-state index in [-0.39, 0.29) is 17.9 Å². The topological polar surface area (TPSA) is 41.6 Å². The number of nitrogens with zero attached hydrogens (tertiary/aromatic N) is 1. The van der Waals surface area contributed by atoms with E-state index in [1.54, 1.807) is 25.3 Å². The monoisotopic (exact) mass is 298 g/mol. The highest BCUT2D eigenvalue weighted by molar-refractivity contribution is 6.31. The minimum Gasteiger partial charge on any atom is -0.496 e. The average Bonchev–Trinajstić information content (AvgIpc) is 2.38. The molecule has 1 rings (SSSR count). The molecule has 0 bridgehead atoms. The van der Waals surface area contributed by atoms with Gasteiger partial charge in [0.1, 0.15) is 5.75 Å². The van der Waals surface area contributed by atoms with E-state index in [4.69, 9.17) is 16.3 Å². The molecule has 0 fully saturated rings. The van der Waals surface area contributed by atoms with Crippen LogP contribution >= 0.6 is 11.6 Å². The second-order valence-electron chi connectivity index (χ2n) is 5.58. The molecule has 0 saturated heterocycles. The summed E-state index contributed by atoms with van der Waals surface area (Å²) in [7, 11) is 5.55. The van der Waals surface area contributed by atoms with Gasteiger partial charge in [-0.25, -0.2) is 0 Å². The molecule has 112 valence electrons. The zero-order valence-corrected chi connectivity index (χ0v) is 13.5. The maximum atomic E-state index is 12.1. The van der Waals surface area contributed by atoms with Crippen molar-refractivity contribution >= 4 is 17.5 Å². The van der Waals surface area contributed by atoms with E-state index in [1.165, 1.54) is 0 Å². The van der Waals surface area contributed by atoms with Gasteiger partial charge in [0.05, 0.1) is 13.5 Å². The third-order valence-electron chi connectivity index (χ3n) is 3.56. The SMILES string of the molecule is COc1cccc(Cl)c1CC(=O)NCC(C)(C)N(C)C. The molecule has 0 aromatic heterocycles. The standard InChI is InChI=1S/C15H23ClN2O2/c1-15(2,18(3)4)10-17-14(19)9-11-12(16)7-6-8-13(11)20-5/h6-8H,9-10H2,1-5H3,(H,17,19). The fraction of sp³-hybridized carbons (Fsp3) is 0.533. The van der Waals surface area contributed by atoms with Crippen molar-refractivity contribution in [2.45, 2.75) is 25.8 Å². The van der Waals surface area contributed by atoms with E-state index in [0.29, 0.717) is 17.3 Å². The van der Waals surface area contributed by atoms with Crippen LogP contribution in [-0.4, -0.2) is 44.1 Å². The fourth-order valence-electron chi connectivity index (χ4n) is 1.60. The molecule has 0 aliphatic heterocycles. The summed E-state index contributed by atoms with van der Waals surface area (Å²) in [5.74, 6) is 0.575. The average molecular weight is 299 g/mol. The third-order valence-corrected chi connectivity index (χ3v) is 3.92. The Kier molecular flexibility index (Phi) is 5.84. The van der Waals surface area contributed by atoms with Crippen molar-refractivity contribution in [3.05, 3.63) is 28.8 Å². The number of methoxy groups -OCH3 is 1. The van der Waals surface area contributed by atoms with E-state index in [0.717, 1.165) is 5.56 Å². The Balaban J connectivity index is 2.68. The summed E-state index contributed by atoms with van der Waals surface area (Å²) < 4.78 is 5.24. The predicted molar refractivity (Wildman–Crippen MR) is 82.5 cm³/mol. The molecule has 0 unspecified atom stereocenters. The Bertz CT molecular complexity index is 473. The van der Waals surface area contributed by atoms with Crippen molar-refractivity contribution in [3.63, 3.8) is 0 Å². The molecule has 1 amide bonds. The van der Waals surface area contributed by atoms with E-state index < -0.39 is 0 Å². The predicted octanol–water partition coefficient (Wildman–Crippen LogP) is 2.35. The van der Waals surface area contributed by atoms with Gasteiger partial charge in [-0.1, -0.05) is 17.7 Å². The summed E-state index contributed by atoms with van der Waals surface area (Å²) >= 11 is 6.12. The Labute approximate surface area is 126 Å². The molecule has 0 radical (unpaired) electrons. The molecule has 4 nitrogen and oxygen atoms in total. The van der Waals surface area contributed by atoms with Crippen LogP contribution < -0.4 is 10.1 Å². The number of likely N-dealkylation sites (N-methyl/N-ethyl adjacent to an activating group) is 1. The van der Waals surface area contributed by atoms with Gasteiger partial charge in [0, 0.05) is 22.7 Å². The van der Waals surface area contributed by atoms with Crippen molar-refractivity contribution in [2.75, 3.05) is 27.7 Å². The molecule has 0 heterocycles. The number of ether oxygens (including phenoxy) is 1. The van der Waals surface area contributed by atoms with Gasteiger partial charge in [-0.05, 0) is 40.1 Å². The maximum Gasteiger partial charge on any atom is 0.224 e. The molecule has 0 saturated carbocycles. The molecule has 20 heavy (non-hydrogen) atoms. The number of halogens is 1. The minimum absolute atomic E-state index is 0.0636. The van der Waals surface area contributed by atoms with Crippen LogP contribution in [0.4, 0.5) is 0 Å². The van der Waals surface area contributed by atoms with E-state index in [2.05, 4.69) is 24.1 Å². The van der Waals surface area contributed by atoms with Gasteiger partial charge in [0.25, 0.3) is 0 Å². The van der Waals surface area contributed by atoms with Crippen molar-refractivity contribution in [3.8, 4) is 5.75 Å². The first-order valence-electron chi connectivity index (χ1n) is 6.53. The molecule has 0 spiro atoms. The zero-order valence-electron chi connectivity index (χ0n) is 12.8. The van der Waals surface area contributed by atoms with Crippen LogP contribution in [0, 0.1) is 0 Å². The van der Waals surface area contributed by atoms with Gasteiger partial charge in [0.15, 0.2) is 0 Å². The minimum atomic E-state index is -0.0970. The molecular weight excluding hydrogens is 276 g/mol. The van der Waals surface area contributed by atoms with Crippen LogP contribution in [0.3, 0.4) is 0 Å². The molecule has 1 aromatic carbocycles. The largest absolute Gasteiger partial charge is 0.496 e. The van der Waals surface area contributed by atoms with Gasteiger partial charge >= 0.3 is 0 Å². The lowest BCUT2D eigenvalue weighted by molar-refractivity contribution is -0.120. The van der Waals surface area contributed by atoms with Crippen LogP contribution in [0.2, 0.25) is 5.02 Å². The van der Waals surface area contributed by atoms with Crippen LogP contribution in [0.25, 0.3) is 0 Å². The van der Waals surface area contributed by atoms with Gasteiger partial charge in [-0.15, -0.1) is 0 Å². The summed E-state index contributed by atoms with van der Waals surface area (Å²) in [6, 6.07) is 5.37. The first-order chi connectivity index (χ1) is 9.27. The van der Waals surface area contributed by atoms with Gasteiger partial charge in [-0.2, -0.15) is 0 Å². The van der Waals surface area contributed by atoms with Gasteiger partial charge in [0.2, 0.25) is 5.91 Å². The van der Waals surface area contributed by atoms with Crippen LogP contribution in [-0.2, 0) is 11.2 Å². The molecule has 5 heteroatoms. The van der Waals surface area contributed by atoms with E-state index in [1.807, 2.05) is 14.1 Å². The second-order valence-corrected chi connectivity index (χ2v) is 5.99. The first kappa shape index (κ1) is 16.8. The number of amides is 1. The summed E-state index contributed by atoms with van der Waals surface area (Å²) in [5, 5.41) is 3.48. The van der Waals surface area contributed by atoms with Crippen LogP contribution in [0.15, 0.2) is 18.2 Å². The van der Waals surface area contributed by atoms with Crippen molar-refractivity contribution in [2.24, 2.45) is 0 Å². The fourth-order valence-corrected chi connectivity index (χ4v) is 1.83. The summed E-state index contributed by atoms with van der Waals surface area (Å²) in [5.41, 5.74) is 0.622. The smallest absolute Gasteiger partial charge is 0.224 e. The van der Waals surface area contributed by atoms with E-state index in [9.17, 15) is 4.79 Å². The Morgan fingerprint density at radius 1 is 1.40 bits per heavy atom. The van der Waals surface area contributed by atoms with Crippen molar-refractivity contribution in [1.82, 2.24) is 10.2 Å². The molecule has 0 aliphatic rings. The number of benzene rings is 1. The Morgan fingerprint density at radius 3 is 2.60 bits per heavy atom. The quantitative estimate of drug-likeness (QED) is 0.876. The summed E-state index contributed by atoms with van der Waals surface area (Å²) in [6.07, 6.45) is 0.215. The number of nitrogens with one attached hydrogen (secondary N) is 1. The highest BCUT2D eigenvalue weighted by Crippen LogP contribution is 2.26. The number of hydrogen-bond donors (Lipinski definition) is 1. The molecule has 0 atom stereocenters. The van der Waals surface area contributed by atoms with Gasteiger partial charge < -0.3 is 15.0 Å². The zero-order chi connectivity index (χ0) is 15.3. The summed E-state index contributed by atoms with van der Waals surface area (Å²) in [4.78, 5) is 14.1.